The maximum atomic E-state index is 12.4. The van der Waals surface area contributed by atoms with Crippen LogP contribution in [0.3, 0.4) is 0 Å². The number of aromatic nitrogens is 2. The van der Waals surface area contributed by atoms with Crippen molar-refractivity contribution in [3.8, 4) is 0 Å². The molecule has 1 aromatic carbocycles. The lowest BCUT2D eigenvalue weighted by Gasteiger charge is -2.31. The Hall–Kier alpha value is -2.54. The van der Waals surface area contributed by atoms with E-state index in [1.165, 1.54) is 0 Å². The molecule has 0 atom stereocenters. The van der Waals surface area contributed by atoms with E-state index in [9.17, 15) is 9.59 Å². The van der Waals surface area contributed by atoms with E-state index in [-0.39, 0.29) is 34.3 Å². The van der Waals surface area contributed by atoms with Gasteiger partial charge in [0.05, 0.1) is 0 Å². The van der Waals surface area contributed by atoms with Crippen LogP contribution in [-0.2, 0) is 11.3 Å². The van der Waals surface area contributed by atoms with Gasteiger partial charge in [-0.3, -0.25) is 14.7 Å². The van der Waals surface area contributed by atoms with Crippen LogP contribution in [0.2, 0.25) is 5.02 Å². The molecule has 8 heteroatoms. The van der Waals surface area contributed by atoms with Crippen molar-refractivity contribution >= 4 is 29.2 Å². The van der Waals surface area contributed by atoms with Crippen LogP contribution in [0.25, 0.3) is 0 Å². The molecule has 1 saturated heterocycles. The highest BCUT2D eigenvalue weighted by molar-refractivity contribution is 6.35. The van der Waals surface area contributed by atoms with Crippen molar-refractivity contribution in [1.29, 1.82) is 0 Å². The van der Waals surface area contributed by atoms with Crippen LogP contribution in [0.15, 0.2) is 30.3 Å². The zero-order valence-corrected chi connectivity index (χ0v) is 14.4. The van der Waals surface area contributed by atoms with Gasteiger partial charge in [0.15, 0.2) is 5.82 Å². The molecule has 2 aromatic rings. The quantitative estimate of drug-likeness (QED) is 0.772. The van der Waals surface area contributed by atoms with Gasteiger partial charge in [0, 0.05) is 25.6 Å². The van der Waals surface area contributed by atoms with Crippen LogP contribution in [0.1, 0.15) is 28.9 Å². The number of hydrogen-bond donors (Lipinski definition) is 3. The highest BCUT2D eigenvalue weighted by Gasteiger charge is 2.29. The molecule has 1 fully saturated rings. The number of benzene rings is 1. The summed E-state index contributed by atoms with van der Waals surface area (Å²) in [4.78, 5) is 26.4. The van der Waals surface area contributed by atoms with Gasteiger partial charge in [0.2, 0.25) is 5.91 Å². The summed E-state index contributed by atoms with van der Waals surface area (Å²) >= 11 is 5.97. The van der Waals surface area contributed by atoms with E-state index in [4.69, 9.17) is 17.3 Å². The number of H-pyrrole nitrogens is 1. The Balaban J connectivity index is 1.50. The summed E-state index contributed by atoms with van der Waals surface area (Å²) in [7, 11) is 0. The molecule has 0 bridgehead atoms. The number of carbonyl (C=O) groups is 2. The number of halogens is 1. The van der Waals surface area contributed by atoms with E-state index in [0.29, 0.717) is 32.5 Å². The monoisotopic (exact) mass is 361 g/mol. The summed E-state index contributed by atoms with van der Waals surface area (Å²) in [6.07, 6.45) is 1.24. The van der Waals surface area contributed by atoms with Crippen molar-refractivity contribution in [2.45, 2.75) is 19.4 Å². The average molecular weight is 362 g/mol. The first-order valence-corrected chi connectivity index (χ1v) is 8.54. The smallest absolute Gasteiger partial charge is 0.273 e. The second-order valence-electron chi connectivity index (χ2n) is 6.07. The number of nitrogen functional groups attached to an aromatic ring is 1. The first kappa shape index (κ1) is 17.3. The summed E-state index contributed by atoms with van der Waals surface area (Å²) in [5.74, 6) is -0.188. The predicted molar refractivity (Wildman–Crippen MR) is 94.9 cm³/mol. The van der Waals surface area contributed by atoms with Gasteiger partial charge in [0.1, 0.15) is 10.7 Å². The Bertz CT molecular complexity index is 754. The van der Waals surface area contributed by atoms with E-state index < -0.39 is 0 Å². The number of nitrogens with zero attached hydrogens (tertiary/aromatic N) is 2. The van der Waals surface area contributed by atoms with Crippen LogP contribution < -0.4 is 11.1 Å². The highest BCUT2D eigenvalue weighted by atomic mass is 35.5. The largest absolute Gasteiger partial charge is 0.381 e. The first-order chi connectivity index (χ1) is 12.1. The maximum Gasteiger partial charge on any atom is 0.273 e. The molecule has 1 aliphatic heterocycles. The third-order valence-corrected chi connectivity index (χ3v) is 4.79. The second-order valence-corrected chi connectivity index (χ2v) is 6.45. The third-order valence-electron chi connectivity index (χ3n) is 4.41. The predicted octanol–water partition coefficient (Wildman–Crippen LogP) is 1.81. The molecule has 0 radical (unpaired) electrons. The molecular weight excluding hydrogens is 342 g/mol. The molecular formula is C17H20ClN5O2. The number of rotatable bonds is 4. The van der Waals surface area contributed by atoms with Crippen LogP contribution in [0.5, 0.6) is 0 Å². The number of nitrogens with one attached hydrogen (secondary N) is 2. The van der Waals surface area contributed by atoms with Crippen molar-refractivity contribution in [3.63, 3.8) is 0 Å². The zero-order valence-electron chi connectivity index (χ0n) is 13.7. The number of hydrogen-bond acceptors (Lipinski definition) is 4. The molecule has 2 amide bonds. The lowest BCUT2D eigenvalue weighted by Crippen LogP contribution is -2.43. The van der Waals surface area contributed by atoms with Gasteiger partial charge >= 0.3 is 0 Å². The second kappa shape index (κ2) is 7.57. The molecule has 0 unspecified atom stereocenters. The van der Waals surface area contributed by atoms with Gasteiger partial charge in [-0.05, 0) is 18.4 Å². The Labute approximate surface area is 150 Å². The van der Waals surface area contributed by atoms with Gasteiger partial charge in [-0.25, -0.2) is 0 Å². The molecule has 132 valence electrons. The van der Waals surface area contributed by atoms with Crippen LogP contribution in [0.4, 0.5) is 5.82 Å². The van der Waals surface area contributed by atoms with E-state index >= 15 is 0 Å². The number of piperidine rings is 1. The Kier molecular flexibility index (Phi) is 5.23. The van der Waals surface area contributed by atoms with Crippen molar-refractivity contribution in [2.24, 2.45) is 5.92 Å². The summed E-state index contributed by atoms with van der Waals surface area (Å²) in [5.41, 5.74) is 6.82. The first-order valence-electron chi connectivity index (χ1n) is 8.16. The van der Waals surface area contributed by atoms with Crippen molar-refractivity contribution in [1.82, 2.24) is 20.4 Å². The van der Waals surface area contributed by atoms with Gasteiger partial charge in [-0.1, -0.05) is 41.9 Å². The summed E-state index contributed by atoms with van der Waals surface area (Å²) in [6, 6.07) is 9.78. The Morgan fingerprint density at radius 2 is 1.96 bits per heavy atom. The fourth-order valence-corrected chi connectivity index (χ4v) is 3.08. The van der Waals surface area contributed by atoms with Gasteiger partial charge in [0.25, 0.3) is 5.91 Å². The molecule has 0 spiro atoms. The highest BCUT2D eigenvalue weighted by Crippen LogP contribution is 2.24. The number of anilines is 1. The standard InChI is InChI=1S/C17H20ClN5O2/c18-13-14(21-22-15(13)19)17(25)23-8-6-12(7-9-23)16(24)20-10-11-4-2-1-3-5-11/h1-5,12H,6-10H2,(H,20,24)(H3,19,21,22). The topological polar surface area (TPSA) is 104 Å². The number of likely N-dealkylation sites (tertiary alicyclic amines) is 1. The fourth-order valence-electron chi connectivity index (χ4n) is 2.92. The normalized spacial score (nSPS) is 15.2. The van der Waals surface area contributed by atoms with E-state index in [0.717, 1.165) is 5.56 Å². The molecule has 0 aliphatic carbocycles. The van der Waals surface area contributed by atoms with Gasteiger partial charge in [-0.2, -0.15) is 5.10 Å². The Morgan fingerprint density at radius 3 is 2.56 bits per heavy atom. The minimum Gasteiger partial charge on any atom is -0.381 e. The van der Waals surface area contributed by atoms with E-state index in [1.54, 1.807) is 4.90 Å². The van der Waals surface area contributed by atoms with Crippen molar-refractivity contribution < 1.29 is 9.59 Å². The molecule has 0 saturated carbocycles. The lowest BCUT2D eigenvalue weighted by molar-refractivity contribution is -0.126. The Morgan fingerprint density at radius 1 is 1.28 bits per heavy atom. The number of aromatic amines is 1. The third kappa shape index (κ3) is 3.93. The SMILES string of the molecule is Nc1n[nH]c(C(=O)N2CCC(C(=O)NCc3ccccc3)CC2)c1Cl. The van der Waals surface area contributed by atoms with E-state index in [1.807, 2.05) is 30.3 Å². The molecule has 4 N–H and O–H groups in total. The molecule has 1 aromatic heterocycles. The summed E-state index contributed by atoms with van der Waals surface area (Å²) in [6.45, 7) is 1.51. The van der Waals surface area contributed by atoms with Crippen LogP contribution >= 0.6 is 11.6 Å². The number of nitrogens with two attached hydrogens (primary N) is 1. The maximum absolute atomic E-state index is 12.4. The molecule has 25 heavy (non-hydrogen) atoms. The average Bonchev–Trinajstić information content (AvgIpc) is 2.99. The number of amides is 2. The minimum atomic E-state index is -0.239. The fraction of sp³-hybridized carbons (Fsp3) is 0.353. The molecule has 2 heterocycles. The molecule has 1 aliphatic rings. The molecule has 3 rings (SSSR count). The van der Waals surface area contributed by atoms with Gasteiger partial charge < -0.3 is 16.0 Å². The zero-order chi connectivity index (χ0) is 17.8. The minimum absolute atomic E-state index is 0.0276. The lowest BCUT2D eigenvalue weighted by atomic mass is 9.95. The summed E-state index contributed by atoms with van der Waals surface area (Å²) < 4.78 is 0. The van der Waals surface area contributed by atoms with Crippen LogP contribution in [0, 0.1) is 5.92 Å². The van der Waals surface area contributed by atoms with Crippen LogP contribution in [-0.4, -0.2) is 40.0 Å². The number of carbonyl (C=O) groups excluding carboxylic acids is 2. The van der Waals surface area contributed by atoms with Crippen molar-refractivity contribution in [3.05, 3.63) is 46.6 Å². The van der Waals surface area contributed by atoms with E-state index in [2.05, 4.69) is 15.5 Å². The summed E-state index contributed by atoms with van der Waals surface area (Å²) in [5, 5.41) is 9.41. The van der Waals surface area contributed by atoms with Crippen molar-refractivity contribution in [2.75, 3.05) is 18.8 Å². The van der Waals surface area contributed by atoms with Gasteiger partial charge in [-0.15, -0.1) is 0 Å². The molecule has 7 nitrogen and oxygen atoms in total.